The predicted molar refractivity (Wildman–Crippen MR) is 84.8 cm³/mol. The molecule has 24 heavy (non-hydrogen) atoms. The molecule has 1 aromatic rings. The number of anilines is 1. The van der Waals surface area contributed by atoms with Crippen molar-refractivity contribution in [2.75, 3.05) is 5.01 Å². The van der Waals surface area contributed by atoms with Crippen molar-refractivity contribution in [3.63, 3.8) is 0 Å². The summed E-state index contributed by atoms with van der Waals surface area (Å²) in [5.74, 6) is 4.68. The molecule has 1 amide bonds. The van der Waals surface area contributed by atoms with E-state index in [4.69, 9.17) is 0 Å². The molecule has 0 saturated carbocycles. The first-order chi connectivity index (χ1) is 11.3. The first-order valence-corrected chi connectivity index (χ1v) is 7.55. The van der Waals surface area contributed by atoms with Gasteiger partial charge in [-0.2, -0.15) is 0 Å². The highest BCUT2D eigenvalue weighted by Crippen LogP contribution is 2.25. The third-order valence-corrected chi connectivity index (χ3v) is 3.64. The van der Waals surface area contributed by atoms with Crippen LogP contribution < -0.4 is 10.4 Å². The smallest absolute Gasteiger partial charge is 0.244 e. The first-order valence-electron chi connectivity index (χ1n) is 7.55. The number of hydrogen-bond donors (Lipinski definition) is 1. The number of rotatable bonds is 1. The fraction of sp³-hybridized carbons (Fsp3) is 0.353. The number of amides is 1. The number of aromatic nitrogens is 2. The molecule has 1 N–H and O–H groups in total. The predicted octanol–water partition coefficient (Wildman–Crippen LogP) is 2.72. The second kappa shape index (κ2) is 6.13. The van der Waals surface area contributed by atoms with Crippen molar-refractivity contribution >= 4 is 11.7 Å². The zero-order valence-corrected chi connectivity index (χ0v) is 13.4. The van der Waals surface area contributed by atoms with E-state index >= 15 is 0 Å². The van der Waals surface area contributed by atoms with Crippen LogP contribution in [0, 0.1) is 11.8 Å². The Balaban J connectivity index is 1.77. The number of allylic oxidation sites excluding steroid dienone is 4. The molecule has 2 aliphatic rings. The summed E-state index contributed by atoms with van der Waals surface area (Å²) in [5.41, 5.74) is 3.05. The van der Waals surface area contributed by atoms with E-state index in [1.165, 1.54) is 5.01 Å². The number of nitrogens with one attached hydrogen (secondary N) is 1. The average Bonchev–Trinajstić information content (AvgIpc) is 2.81. The number of hydrazine groups is 1. The van der Waals surface area contributed by atoms with E-state index in [1.807, 2.05) is 13.8 Å². The quantitative estimate of drug-likeness (QED) is 0.805. The standard InChI is InChI=1S/C17H16F2N4O/c1-17(2)10-16(24)23(22-17)15-8-6-13(20-21-15)5-3-11-9-12(18)4-7-14(11)19/h6,8-9,22H,4,7,10H2,1-2H3. The van der Waals surface area contributed by atoms with Gasteiger partial charge in [-0.05, 0) is 38.0 Å². The van der Waals surface area contributed by atoms with Gasteiger partial charge in [0.1, 0.15) is 17.3 Å². The van der Waals surface area contributed by atoms with Gasteiger partial charge in [-0.25, -0.2) is 19.2 Å². The number of halogens is 2. The molecule has 7 heteroatoms. The normalized spacial score (nSPS) is 19.9. The second-order valence-corrected chi connectivity index (χ2v) is 6.34. The Hall–Kier alpha value is -2.59. The lowest BCUT2D eigenvalue weighted by atomic mass is 10.0. The topological polar surface area (TPSA) is 58.1 Å². The lowest BCUT2D eigenvalue weighted by Crippen LogP contribution is -2.43. The molecule has 1 fully saturated rings. The van der Waals surface area contributed by atoms with Gasteiger partial charge in [-0.3, -0.25) is 4.79 Å². The van der Waals surface area contributed by atoms with Gasteiger partial charge in [0, 0.05) is 24.8 Å². The Morgan fingerprint density at radius 3 is 2.62 bits per heavy atom. The minimum absolute atomic E-state index is 0.0233. The van der Waals surface area contributed by atoms with Crippen LogP contribution in [0.1, 0.15) is 38.8 Å². The number of carbonyl (C=O) groups is 1. The molecule has 1 saturated heterocycles. The maximum atomic E-state index is 13.6. The van der Waals surface area contributed by atoms with Gasteiger partial charge in [0.15, 0.2) is 5.82 Å². The molecule has 0 spiro atoms. The maximum Gasteiger partial charge on any atom is 0.244 e. The van der Waals surface area contributed by atoms with Gasteiger partial charge < -0.3 is 0 Å². The molecule has 1 aliphatic heterocycles. The van der Waals surface area contributed by atoms with E-state index in [2.05, 4.69) is 27.5 Å². The Morgan fingerprint density at radius 1 is 1.21 bits per heavy atom. The van der Waals surface area contributed by atoms with Crippen LogP contribution in [0.3, 0.4) is 0 Å². The third kappa shape index (κ3) is 3.49. The minimum Gasteiger partial charge on any atom is -0.273 e. The van der Waals surface area contributed by atoms with E-state index in [0.29, 0.717) is 17.9 Å². The van der Waals surface area contributed by atoms with Crippen molar-refractivity contribution in [2.45, 2.75) is 38.6 Å². The van der Waals surface area contributed by atoms with Crippen LogP contribution in [0.5, 0.6) is 0 Å². The maximum absolute atomic E-state index is 13.6. The lowest BCUT2D eigenvalue weighted by molar-refractivity contribution is -0.117. The van der Waals surface area contributed by atoms with E-state index in [1.54, 1.807) is 12.1 Å². The third-order valence-electron chi connectivity index (χ3n) is 3.64. The highest BCUT2D eigenvalue weighted by Gasteiger charge is 2.36. The van der Waals surface area contributed by atoms with Gasteiger partial charge in [-0.1, -0.05) is 5.92 Å². The summed E-state index contributed by atoms with van der Waals surface area (Å²) in [6, 6.07) is 3.18. The summed E-state index contributed by atoms with van der Waals surface area (Å²) in [4.78, 5) is 12.0. The minimum atomic E-state index is -0.428. The van der Waals surface area contributed by atoms with Crippen LogP contribution in [0.25, 0.3) is 0 Å². The van der Waals surface area contributed by atoms with Crippen LogP contribution in [-0.2, 0) is 4.79 Å². The molecule has 3 rings (SSSR count). The van der Waals surface area contributed by atoms with Crippen molar-refractivity contribution in [3.05, 3.63) is 41.1 Å². The lowest BCUT2D eigenvalue weighted by Gasteiger charge is -2.20. The van der Waals surface area contributed by atoms with Gasteiger partial charge in [-0.15, -0.1) is 10.2 Å². The van der Waals surface area contributed by atoms with Crippen LogP contribution >= 0.6 is 0 Å². The fourth-order valence-electron chi connectivity index (χ4n) is 2.46. The zero-order chi connectivity index (χ0) is 17.3. The molecule has 2 heterocycles. The largest absolute Gasteiger partial charge is 0.273 e. The molecule has 124 valence electrons. The van der Waals surface area contributed by atoms with Crippen LogP contribution in [0.4, 0.5) is 14.6 Å². The molecule has 1 aromatic heterocycles. The van der Waals surface area contributed by atoms with E-state index in [-0.39, 0.29) is 35.7 Å². The summed E-state index contributed by atoms with van der Waals surface area (Å²) in [6.45, 7) is 3.83. The number of nitrogens with zero attached hydrogens (tertiary/aromatic N) is 3. The van der Waals surface area contributed by atoms with E-state index < -0.39 is 5.83 Å². The van der Waals surface area contributed by atoms with Gasteiger partial charge in [0.05, 0.1) is 5.57 Å². The molecule has 0 atom stereocenters. The van der Waals surface area contributed by atoms with E-state index in [9.17, 15) is 13.6 Å². The molecular weight excluding hydrogens is 314 g/mol. The monoisotopic (exact) mass is 330 g/mol. The van der Waals surface area contributed by atoms with Crippen molar-refractivity contribution in [1.29, 1.82) is 0 Å². The fourth-order valence-corrected chi connectivity index (χ4v) is 2.46. The zero-order valence-electron chi connectivity index (χ0n) is 13.4. The number of carbonyl (C=O) groups excluding carboxylic acids is 1. The Kier molecular flexibility index (Phi) is 4.16. The molecule has 1 aliphatic carbocycles. The Bertz CT molecular complexity index is 800. The molecule has 0 radical (unpaired) electrons. The van der Waals surface area contributed by atoms with Crippen molar-refractivity contribution in [1.82, 2.24) is 15.6 Å². The summed E-state index contributed by atoms with van der Waals surface area (Å²) in [5, 5.41) is 9.23. The van der Waals surface area contributed by atoms with Crippen LogP contribution in [0.2, 0.25) is 0 Å². The SMILES string of the molecule is CC1(C)CC(=O)N(c2ccc(C#CC3=C(F)CCC(F)=C3)nn2)N1. The van der Waals surface area contributed by atoms with Gasteiger partial charge in [0.25, 0.3) is 0 Å². The van der Waals surface area contributed by atoms with E-state index in [0.717, 1.165) is 6.08 Å². The molecule has 5 nitrogen and oxygen atoms in total. The van der Waals surface area contributed by atoms with Crippen molar-refractivity contribution in [2.24, 2.45) is 0 Å². The average molecular weight is 330 g/mol. The number of hydrogen-bond acceptors (Lipinski definition) is 4. The molecule has 0 bridgehead atoms. The first kappa shape index (κ1) is 16.3. The summed E-state index contributed by atoms with van der Waals surface area (Å²) >= 11 is 0. The van der Waals surface area contributed by atoms with Crippen molar-refractivity contribution in [3.8, 4) is 11.8 Å². The Morgan fingerprint density at radius 2 is 2.00 bits per heavy atom. The van der Waals surface area contributed by atoms with Crippen molar-refractivity contribution < 1.29 is 13.6 Å². The highest BCUT2D eigenvalue weighted by atomic mass is 19.1. The van der Waals surface area contributed by atoms with Gasteiger partial charge in [0.2, 0.25) is 5.91 Å². The summed E-state index contributed by atoms with van der Waals surface area (Å²) in [6.07, 6.45) is 1.55. The Labute approximate surface area is 138 Å². The van der Waals surface area contributed by atoms with Gasteiger partial charge >= 0.3 is 0 Å². The summed E-state index contributed by atoms with van der Waals surface area (Å²) < 4.78 is 26.8. The molecule has 0 aromatic carbocycles. The molecular formula is C17H16F2N4O. The molecule has 0 unspecified atom stereocenters. The summed E-state index contributed by atoms with van der Waals surface area (Å²) in [7, 11) is 0. The van der Waals surface area contributed by atoms with Crippen LogP contribution in [0.15, 0.2) is 35.4 Å². The second-order valence-electron chi connectivity index (χ2n) is 6.34. The highest BCUT2D eigenvalue weighted by molar-refractivity contribution is 5.94. The van der Waals surface area contributed by atoms with Crippen LogP contribution in [-0.4, -0.2) is 21.6 Å².